The second-order valence-corrected chi connectivity index (χ2v) is 6.91. The standard InChI is InChI=1S/C21H21N3O3/c1-12(2)27-20(26)18-13(3)22-21-23-16-9-4-5-10-17(16)24(21)19(18)14-7-6-8-15(25)11-14/h4-12,19,25H,1-3H3,(H,22,23)/t19-/m0/s1. The van der Waals surface area contributed by atoms with E-state index in [0.29, 0.717) is 17.2 Å². The minimum Gasteiger partial charge on any atom is -0.508 e. The molecule has 0 unspecified atom stereocenters. The van der Waals surface area contributed by atoms with Crippen LogP contribution in [-0.2, 0) is 9.53 Å². The van der Waals surface area contributed by atoms with E-state index < -0.39 is 6.04 Å². The first-order chi connectivity index (χ1) is 13.0. The first-order valence-corrected chi connectivity index (χ1v) is 8.90. The van der Waals surface area contributed by atoms with Crippen molar-refractivity contribution in [2.45, 2.75) is 32.9 Å². The Morgan fingerprint density at radius 1 is 1.22 bits per heavy atom. The first-order valence-electron chi connectivity index (χ1n) is 8.90. The van der Waals surface area contributed by atoms with Crippen LogP contribution in [0.5, 0.6) is 5.75 Å². The Morgan fingerprint density at radius 3 is 2.74 bits per heavy atom. The highest BCUT2D eigenvalue weighted by atomic mass is 16.5. The number of fused-ring (bicyclic) bond motifs is 3. The molecule has 27 heavy (non-hydrogen) atoms. The molecule has 6 nitrogen and oxygen atoms in total. The van der Waals surface area contributed by atoms with Crippen LogP contribution < -0.4 is 5.32 Å². The van der Waals surface area contributed by atoms with Gasteiger partial charge >= 0.3 is 5.97 Å². The van der Waals surface area contributed by atoms with Crippen molar-refractivity contribution in [1.82, 2.24) is 9.55 Å². The molecule has 0 bridgehead atoms. The van der Waals surface area contributed by atoms with Gasteiger partial charge in [0, 0.05) is 5.70 Å². The Hall–Kier alpha value is -3.28. The maximum atomic E-state index is 12.9. The lowest BCUT2D eigenvalue weighted by Gasteiger charge is -2.30. The third kappa shape index (κ3) is 2.93. The van der Waals surface area contributed by atoms with Gasteiger partial charge in [0.25, 0.3) is 0 Å². The van der Waals surface area contributed by atoms with Gasteiger partial charge in [0.15, 0.2) is 0 Å². The fraction of sp³-hybridized carbons (Fsp3) is 0.238. The van der Waals surface area contributed by atoms with Crippen LogP contribution in [0.25, 0.3) is 11.0 Å². The maximum Gasteiger partial charge on any atom is 0.338 e. The highest BCUT2D eigenvalue weighted by Gasteiger charge is 2.35. The number of imidazole rings is 1. The number of benzene rings is 2. The summed E-state index contributed by atoms with van der Waals surface area (Å²) >= 11 is 0. The molecule has 0 saturated heterocycles. The number of esters is 1. The van der Waals surface area contributed by atoms with Crippen LogP contribution in [0.15, 0.2) is 59.8 Å². The van der Waals surface area contributed by atoms with Gasteiger partial charge in [0.2, 0.25) is 5.95 Å². The fourth-order valence-corrected chi connectivity index (χ4v) is 3.52. The van der Waals surface area contributed by atoms with Gasteiger partial charge in [-0.05, 0) is 50.6 Å². The molecule has 0 spiro atoms. The first kappa shape index (κ1) is 17.1. The van der Waals surface area contributed by atoms with Crippen molar-refractivity contribution < 1.29 is 14.6 Å². The molecule has 2 heterocycles. The number of phenols is 1. The van der Waals surface area contributed by atoms with Gasteiger partial charge in [0.05, 0.1) is 28.8 Å². The number of aromatic nitrogens is 2. The predicted molar refractivity (Wildman–Crippen MR) is 104 cm³/mol. The summed E-state index contributed by atoms with van der Waals surface area (Å²) in [7, 11) is 0. The zero-order valence-corrected chi connectivity index (χ0v) is 15.4. The average Bonchev–Trinajstić information content (AvgIpc) is 2.97. The number of nitrogens with zero attached hydrogens (tertiary/aromatic N) is 2. The molecule has 138 valence electrons. The Kier molecular flexibility index (Phi) is 4.11. The topological polar surface area (TPSA) is 76.4 Å². The lowest BCUT2D eigenvalue weighted by Crippen LogP contribution is -2.29. The number of hydrogen-bond donors (Lipinski definition) is 2. The van der Waals surface area contributed by atoms with Gasteiger partial charge in [0.1, 0.15) is 5.75 Å². The van der Waals surface area contributed by atoms with Crippen molar-refractivity contribution in [3.05, 3.63) is 65.4 Å². The molecule has 0 amide bonds. The van der Waals surface area contributed by atoms with E-state index in [2.05, 4.69) is 10.3 Å². The summed E-state index contributed by atoms with van der Waals surface area (Å²) in [5.41, 5.74) is 3.71. The Labute approximate surface area is 157 Å². The number of ether oxygens (including phenoxy) is 1. The number of anilines is 1. The number of carbonyl (C=O) groups is 1. The van der Waals surface area contributed by atoms with E-state index in [1.165, 1.54) is 0 Å². The molecule has 1 atom stereocenters. The van der Waals surface area contributed by atoms with Gasteiger partial charge in [-0.2, -0.15) is 0 Å². The normalized spacial score (nSPS) is 16.4. The van der Waals surface area contributed by atoms with Gasteiger partial charge in [-0.1, -0.05) is 24.3 Å². The van der Waals surface area contributed by atoms with Crippen LogP contribution in [0.3, 0.4) is 0 Å². The smallest absolute Gasteiger partial charge is 0.338 e. The summed E-state index contributed by atoms with van der Waals surface area (Å²) < 4.78 is 7.49. The van der Waals surface area contributed by atoms with Crippen LogP contribution >= 0.6 is 0 Å². The van der Waals surface area contributed by atoms with E-state index in [1.807, 2.05) is 55.7 Å². The number of carbonyl (C=O) groups excluding carboxylic acids is 1. The summed E-state index contributed by atoms with van der Waals surface area (Å²) in [5, 5.41) is 13.3. The minimum absolute atomic E-state index is 0.145. The van der Waals surface area contributed by atoms with Crippen molar-refractivity contribution in [3.63, 3.8) is 0 Å². The Bertz CT molecular complexity index is 1070. The molecular formula is C21H21N3O3. The van der Waals surface area contributed by atoms with E-state index in [-0.39, 0.29) is 17.8 Å². The molecule has 6 heteroatoms. The number of aromatic hydroxyl groups is 1. The zero-order valence-electron chi connectivity index (χ0n) is 15.4. The van der Waals surface area contributed by atoms with E-state index in [4.69, 9.17) is 4.74 Å². The highest BCUT2D eigenvalue weighted by Crippen LogP contribution is 2.40. The molecule has 3 aromatic rings. The largest absolute Gasteiger partial charge is 0.508 e. The number of nitrogens with one attached hydrogen (secondary N) is 1. The van der Waals surface area contributed by atoms with E-state index in [9.17, 15) is 9.90 Å². The Morgan fingerprint density at radius 2 is 2.00 bits per heavy atom. The molecule has 1 aliphatic heterocycles. The number of allylic oxidation sites excluding steroid dienone is 1. The van der Waals surface area contributed by atoms with Gasteiger partial charge in [-0.15, -0.1) is 0 Å². The third-order valence-corrected chi connectivity index (χ3v) is 4.58. The van der Waals surface area contributed by atoms with Crippen LogP contribution in [0.4, 0.5) is 5.95 Å². The second kappa shape index (κ2) is 6.46. The quantitative estimate of drug-likeness (QED) is 0.688. The van der Waals surface area contributed by atoms with Crippen LogP contribution in [0.2, 0.25) is 0 Å². The predicted octanol–water partition coefficient (Wildman–Crippen LogP) is 3.98. The summed E-state index contributed by atoms with van der Waals surface area (Å²) in [6, 6.07) is 14.3. The molecule has 1 aliphatic rings. The fourth-order valence-electron chi connectivity index (χ4n) is 3.52. The highest BCUT2D eigenvalue weighted by molar-refractivity contribution is 5.94. The molecule has 0 fully saturated rings. The van der Waals surface area contributed by atoms with Crippen LogP contribution in [-0.4, -0.2) is 26.7 Å². The number of hydrogen-bond acceptors (Lipinski definition) is 5. The molecular weight excluding hydrogens is 342 g/mol. The summed E-state index contributed by atoms with van der Waals surface area (Å²) in [4.78, 5) is 17.6. The van der Waals surface area contributed by atoms with Crippen LogP contribution in [0.1, 0.15) is 32.4 Å². The molecule has 4 rings (SSSR count). The third-order valence-electron chi connectivity index (χ3n) is 4.58. The molecule has 0 radical (unpaired) electrons. The molecule has 2 aromatic carbocycles. The number of phenolic OH excluding ortho intramolecular Hbond substituents is 1. The lowest BCUT2D eigenvalue weighted by atomic mass is 9.95. The van der Waals surface area contributed by atoms with Gasteiger partial charge in [-0.25, -0.2) is 9.78 Å². The zero-order chi connectivity index (χ0) is 19.1. The van der Waals surface area contributed by atoms with Gasteiger partial charge < -0.3 is 15.2 Å². The summed E-state index contributed by atoms with van der Waals surface area (Å²) in [6.45, 7) is 5.49. The molecule has 2 N–H and O–H groups in total. The number of rotatable bonds is 3. The average molecular weight is 363 g/mol. The number of para-hydroxylation sites is 2. The van der Waals surface area contributed by atoms with E-state index >= 15 is 0 Å². The summed E-state index contributed by atoms with van der Waals surface area (Å²) in [5.74, 6) is 0.418. The Balaban J connectivity index is 1.97. The SMILES string of the molecule is CC1=C(C(=O)OC(C)C)[C@H](c2cccc(O)c2)n2c(nc3ccccc32)N1. The molecule has 0 saturated carbocycles. The van der Waals surface area contributed by atoms with E-state index in [1.54, 1.807) is 18.2 Å². The second-order valence-electron chi connectivity index (χ2n) is 6.91. The van der Waals surface area contributed by atoms with Crippen LogP contribution in [0, 0.1) is 0 Å². The van der Waals surface area contributed by atoms with E-state index in [0.717, 1.165) is 16.6 Å². The van der Waals surface area contributed by atoms with Crippen molar-refractivity contribution in [2.75, 3.05) is 5.32 Å². The summed E-state index contributed by atoms with van der Waals surface area (Å²) in [6.07, 6.45) is -0.233. The van der Waals surface area contributed by atoms with Crippen molar-refractivity contribution in [2.24, 2.45) is 0 Å². The van der Waals surface area contributed by atoms with Crippen molar-refractivity contribution in [3.8, 4) is 5.75 Å². The molecule has 0 aliphatic carbocycles. The minimum atomic E-state index is -0.452. The van der Waals surface area contributed by atoms with Crippen molar-refractivity contribution in [1.29, 1.82) is 0 Å². The maximum absolute atomic E-state index is 12.9. The van der Waals surface area contributed by atoms with Crippen molar-refractivity contribution >= 4 is 23.0 Å². The lowest BCUT2D eigenvalue weighted by molar-refractivity contribution is -0.143. The monoisotopic (exact) mass is 363 g/mol. The molecule has 1 aromatic heterocycles. The van der Waals surface area contributed by atoms with Gasteiger partial charge in [-0.3, -0.25) is 4.57 Å².